The van der Waals surface area contributed by atoms with Gasteiger partial charge in [-0.3, -0.25) is 0 Å². The Labute approximate surface area is 164 Å². The van der Waals surface area contributed by atoms with E-state index >= 15 is 0 Å². The number of nitrogen functional groups attached to an aromatic ring is 1. The first-order chi connectivity index (χ1) is 13.3. The molecule has 0 aliphatic rings. The number of nitrogens with two attached hydrogens (primary N) is 2. The molecule has 1 heterocycles. The summed E-state index contributed by atoms with van der Waals surface area (Å²) in [4.78, 5) is 3.81. The second-order valence-electron chi connectivity index (χ2n) is 6.14. The van der Waals surface area contributed by atoms with Crippen LogP contribution in [0.25, 0.3) is 11.1 Å². The standard InChI is InChI=1S/C18H18ClF3N6/c19-14-9-12(25-17-26-16(24)27-28-17)8-13(18(20,21)22)15(14)11-5-3-10(4-6-11)2-1-7-23/h3-6,8-9H,1-2,7,23H2,(H4,24,25,26,27,28). The lowest BCUT2D eigenvalue weighted by Gasteiger charge is -2.17. The molecule has 0 fully saturated rings. The molecule has 0 saturated heterocycles. The van der Waals surface area contributed by atoms with Crippen molar-refractivity contribution in [2.75, 3.05) is 17.6 Å². The second-order valence-corrected chi connectivity index (χ2v) is 6.54. The lowest BCUT2D eigenvalue weighted by atomic mass is 9.96. The molecule has 0 aliphatic carbocycles. The van der Waals surface area contributed by atoms with Crippen LogP contribution in [0.15, 0.2) is 36.4 Å². The van der Waals surface area contributed by atoms with Gasteiger partial charge in [0.05, 0.1) is 10.6 Å². The van der Waals surface area contributed by atoms with Gasteiger partial charge in [-0.1, -0.05) is 35.9 Å². The summed E-state index contributed by atoms with van der Waals surface area (Å²) in [5, 5.41) is 8.75. The number of hydrogen-bond acceptors (Lipinski definition) is 5. The molecule has 0 aliphatic heterocycles. The van der Waals surface area contributed by atoms with Crippen molar-refractivity contribution in [3.8, 4) is 11.1 Å². The van der Waals surface area contributed by atoms with E-state index < -0.39 is 11.7 Å². The van der Waals surface area contributed by atoms with Gasteiger partial charge in [0.1, 0.15) is 0 Å². The first kappa shape index (κ1) is 20.0. The van der Waals surface area contributed by atoms with Gasteiger partial charge in [-0.25, -0.2) is 5.10 Å². The lowest BCUT2D eigenvalue weighted by molar-refractivity contribution is -0.137. The van der Waals surface area contributed by atoms with Crippen LogP contribution in [0.5, 0.6) is 0 Å². The minimum absolute atomic E-state index is 0.0380. The predicted octanol–water partition coefficient (Wildman–Crippen LogP) is 4.36. The average molecular weight is 411 g/mol. The minimum atomic E-state index is -4.60. The summed E-state index contributed by atoms with van der Waals surface area (Å²) in [6.07, 6.45) is -3.04. The van der Waals surface area contributed by atoms with Crippen LogP contribution in [0.4, 0.5) is 30.8 Å². The number of aromatic amines is 1. The van der Waals surface area contributed by atoms with Gasteiger partial charge in [0.2, 0.25) is 11.9 Å². The van der Waals surface area contributed by atoms with Gasteiger partial charge in [0, 0.05) is 11.3 Å². The van der Waals surface area contributed by atoms with E-state index in [1.807, 2.05) is 0 Å². The zero-order chi connectivity index (χ0) is 20.3. The Hall–Kier alpha value is -2.78. The maximum absolute atomic E-state index is 13.7. The summed E-state index contributed by atoms with van der Waals surface area (Å²) in [6, 6.07) is 9.18. The average Bonchev–Trinajstić information content (AvgIpc) is 3.04. The maximum Gasteiger partial charge on any atom is 0.417 e. The number of halogens is 4. The number of nitrogens with zero attached hydrogens (tertiary/aromatic N) is 2. The van der Waals surface area contributed by atoms with Gasteiger partial charge in [0.15, 0.2) is 0 Å². The van der Waals surface area contributed by atoms with Crippen molar-refractivity contribution in [2.24, 2.45) is 5.73 Å². The topological polar surface area (TPSA) is 106 Å². The molecule has 1 aromatic heterocycles. The molecule has 2 aromatic carbocycles. The third-order valence-corrected chi connectivity index (χ3v) is 4.36. The highest BCUT2D eigenvalue weighted by molar-refractivity contribution is 6.33. The van der Waals surface area contributed by atoms with Gasteiger partial charge in [-0.05, 0) is 42.6 Å². The number of alkyl halides is 3. The van der Waals surface area contributed by atoms with E-state index in [1.54, 1.807) is 24.3 Å². The number of anilines is 3. The Bertz CT molecular complexity index is 953. The Morgan fingerprint density at radius 1 is 1.14 bits per heavy atom. The van der Waals surface area contributed by atoms with Crippen molar-refractivity contribution in [1.82, 2.24) is 15.2 Å². The van der Waals surface area contributed by atoms with Gasteiger partial charge in [-0.15, -0.1) is 5.10 Å². The van der Waals surface area contributed by atoms with Crippen LogP contribution >= 0.6 is 11.6 Å². The fraction of sp³-hybridized carbons (Fsp3) is 0.222. The SMILES string of the molecule is NCCCc1ccc(-c2c(Cl)cc(Nc3n[nH]c(N)n3)cc2C(F)(F)F)cc1. The molecule has 10 heteroatoms. The van der Waals surface area contributed by atoms with E-state index in [9.17, 15) is 13.2 Å². The summed E-state index contributed by atoms with van der Waals surface area (Å²) in [6.45, 7) is 0.552. The van der Waals surface area contributed by atoms with Crippen molar-refractivity contribution in [1.29, 1.82) is 0 Å². The third kappa shape index (κ3) is 4.55. The summed E-state index contributed by atoms with van der Waals surface area (Å²) in [5.41, 5.74) is 11.4. The van der Waals surface area contributed by atoms with Crippen molar-refractivity contribution in [3.05, 3.63) is 52.5 Å². The van der Waals surface area contributed by atoms with Crippen LogP contribution in [-0.2, 0) is 12.6 Å². The molecule has 0 atom stereocenters. The molecule has 0 bridgehead atoms. The van der Waals surface area contributed by atoms with Crippen LogP contribution in [0.2, 0.25) is 5.02 Å². The van der Waals surface area contributed by atoms with Gasteiger partial charge in [-0.2, -0.15) is 18.2 Å². The first-order valence-corrected chi connectivity index (χ1v) is 8.80. The minimum Gasteiger partial charge on any atom is -0.368 e. The highest BCUT2D eigenvalue weighted by Crippen LogP contribution is 2.43. The molecular weight excluding hydrogens is 393 g/mol. The predicted molar refractivity (Wildman–Crippen MR) is 103 cm³/mol. The van der Waals surface area contributed by atoms with E-state index in [1.165, 1.54) is 6.07 Å². The molecule has 0 amide bonds. The number of hydrogen-bond donors (Lipinski definition) is 4. The quantitative estimate of drug-likeness (QED) is 0.483. The molecule has 0 radical (unpaired) electrons. The Kier molecular flexibility index (Phi) is 5.76. The molecule has 6 N–H and O–H groups in total. The van der Waals surface area contributed by atoms with E-state index in [2.05, 4.69) is 20.5 Å². The zero-order valence-corrected chi connectivity index (χ0v) is 15.4. The van der Waals surface area contributed by atoms with Crippen molar-refractivity contribution >= 4 is 29.2 Å². The number of rotatable bonds is 6. The van der Waals surface area contributed by atoms with E-state index in [4.69, 9.17) is 23.1 Å². The number of benzene rings is 2. The van der Waals surface area contributed by atoms with Crippen molar-refractivity contribution < 1.29 is 13.2 Å². The fourth-order valence-electron chi connectivity index (χ4n) is 2.80. The fourth-order valence-corrected chi connectivity index (χ4v) is 3.13. The highest BCUT2D eigenvalue weighted by atomic mass is 35.5. The van der Waals surface area contributed by atoms with Crippen LogP contribution in [0, 0.1) is 0 Å². The first-order valence-electron chi connectivity index (χ1n) is 8.43. The molecular formula is C18H18ClF3N6. The second kappa shape index (κ2) is 8.07. The third-order valence-electron chi connectivity index (χ3n) is 4.07. The van der Waals surface area contributed by atoms with Crippen LogP contribution in [-0.4, -0.2) is 21.7 Å². The molecule has 3 rings (SSSR count). The van der Waals surface area contributed by atoms with Crippen molar-refractivity contribution in [3.63, 3.8) is 0 Å². The highest BCUT2D eigenvalue weighted by Gasteiger charge is 2.35. The van der Waals surface area contributed by atoms with Gasteiger partial charge in [0.25, 0.3) is 0 Å². The lowest BCUT2D eigenvalue weighted by Crippen LogP contribution is -2.09. The van der Waals surface area contributed by atoms with Gasteiger partial charge >= 0.3 is 6.18 Å². The van der Waals surface area contributed by atoms with Crippen LogP contribution in [0.1, 0.15) is 17.5 Å². The number of nitrogens with one attached hydrogen (secondary N) is 2. The largest absolute Gasteiger partial charge is 0.417 e. The van der Waals surface area contributed by atoms with Crippen molar-refractivity contribution in [2.45, 2.75) is 19.0 Å². The molecule has 0 unspecified atom stereocenters. The molecule has 3 aromatic rings. The van der Waals surface area contributed by atoms with Crippen LogP contribution < -0.4 is 16.8 Å². The smallest absolute Gasteiger partial charge is 0.368 e. The molecule has 28 heavy (non-hydrogen) atoms. The van der Waals surface area contributed by atoms with Gasteiger partial charge < -0.3 is 16.8 Å². The monoisotopic (exact) mass is 410 g/mol. The van der Waals surface area contributed by atoms with Crippen LogP contribution in [0.3, 0.4) is 0 Å². The molecule has 6 nitrogen and oxygen atoms in total. The Morgan fingerprint density at radius 3 is 2.43 bits per heavy atom. The Morgan fingerprint density at radius 2 is 1.86 bits per heavy atom. The summed E-state index contributed by atoms with van der Waals surface area (Å²) < 4.78 is 41.2. The molecule has 0 saturated carbocycles. The molecule has 0 spiro atoms. The maximum atomic E-state index is 13.7. The number of aromatic nitrogens is 3. The summed E-state index contributed by atoms with van der Waals surface area (Å²) in [7, 11) is 0. The Balaban J connectivity index is 2.00. The molecule has 148 valence electrons. The van der Waals surface area contributed by atoms with E-state index in [-0.39, 0.29) is 28.2 Å². The van der Waals surface area contributed by atoms with E-state index in [0.717, 1.165) is 24.5 Å². The number of H-pyrrole nitrogens is 1. The zero-order valence-electron chi connectivity index (χ0n) is 14.6. The normalized spacial score (nSPS) is 11.6. The summed E-state index contributed by atoms with van der Waals surface area (Å²) in [5.74, 6) is 0.0784. The summed E-state index contributed by atoms with van der Waals surface area (Å²) >= 11 is 6.24. The number of aryl methyl sites for hydroxylation is 1. The van der Waals surface area contributed by atoms with E-state index in [0.29, 0.717) is 12.1 Å².